The van der Waals surface area contributed by atoms with Gasteiger partial charge in [-0.25, -0.2) is 0 Å². The van der Waals surface area contributed by atoms with Crippen LogP contribution in [-0.2, 0) is 6.54 Å². The van der Waals surface area contributed by atoms with E-state index in [4.69, 9.17) is 5.73 Å². The van der Waals surface area contributed by atoms with Crippen molar-refractivity contribution >= 4 is 33.6 Å². The van der Waals surface area contributed by atoms with Gasteiger partial charge in [0.05, 0.1) is 23.1 Å². The molecule has 0 amide bonds. The van der Waals surface area contributed by atoms with Gasteiger partial charge in [0.25, 0.3) is 0 Å². The number of nitrogens with one attached hydrogen (secondary N) is 1. The standard InChI is InChI=1S/C13H14N4S/c1-17(7-9-2-3-18-8-9)13-5-12-10(4-11(13)14)6-15-16-12/h2-6,8H,7,14H2,1H3,(H,15,16). The maximum absolute atomic E-state index is 6.09. The van der Waals surface area contributed by atoms with E-state index in [1.54, 1.807) is 17.5 Å². The lowest BCUT2D eigenvalue weighted by atomic mass is 10.2. The highest BCUT2D eigenvalue weighted by Crippen LogP contribution is 2.28. The molecule has 0 unspecified atom stereocenters. The molecular weight excluding hydrogens is 244 g/mol. The minimum absolute atomic E-state index is 0.779. The maximum atomic E-state index is 6.09. The lowest BCUT2D eigenvalue weighted by Gasteiger charge is -2.20. The molecule has 0 saturated carbocycles. The van der Waals surface area contributed by atoms with Gasteiger partial charge in [0.1, 0.15) is 0 Å². The van der Waals surface area contributed by atoms with Gasteiger partial charge >= 0.3 is 0 Å². The van der Waals surface area contributed by atoms with Crippen LogP contribution in [0.4, 0.5) is 11.4 Å². The molecule has 0 radical (unpaired) electrons. The van der Waals surface area contributed by atoms with E-state index < -0.39 is 0 Å². The zero-order valence-electron chi connectivity index (χ0n) is 10.1. The van der Waals surface area contributed by atoms with Crippen molar-refractivity contribution < 1.29 is 0 Å². The molecule has 2 aromatic heterocycles. The third-order valence-corrected chi connectivity index (χ3v) is 3.73. The minimum Gasteiger partial charge on any atom is -0.397 e. The fraction of sp³-hybridized carbons (Fsp3) is 0.154. The van der Waals surface area contributed by atoms with Crippen molar-refractivity contribution in [1.82, 2.24) is 10.2 Å². The number of nitrogens with two attached hydrogens (primary N) is 1. The first-order valence-electron chi connectivity index (χ1n) is 5.69. The summed E-state index contributed by atoms with van der Waals surface area (Å²) in [5, 5.41) is 12.3. The highest BCUT2D eigenvalue weighted by atomic mass is 32.1. The monoisotopic (exact) mass is 258 g/mol. The van der Waals surface area contributed by atoms with Crippen LogP contribution in [0.1, 0.15) is 5.56 Å². The van der Waals surface area contributed by atoms with Gasteiger partial charge in [-0.05, 0) is 34.5 Å². The van der Waals surface area contributed by atoms with E-state index in [1.165, 1.54) is 5.56 Å². The fourth-order valence-electron chi connectivity index (χ4n) is 2.07. The average molecular weight is 258 g/mol. The Kier molecular flexibility index (Phi) is 2.68. The van der Waals surface area contributed by atoms with E-state index in [0.717, 1.165) is 28.8 Å². The van der Waals surface area contributed by atoms with Gasteiger partial charge in [0, 0.05) is 19.0 Å². The molecule has 3 N–H and O–H groups in total. The summed E-state index contributed by atoms with van der Waals surface area (Å²) >= 11 is 1.71. The van der Waals surface area contributed by atoms with E-state index in [2.05, 4.69) is 31.9 Å². The number of benzene rings is 1. The first-order chi connectivity index (χ1) is 8.74. The lowest BCUT2D eigenvalue weighted by Crippen LogP contribution is -2.17. The van der Waals surface area contributed by atoms with Gasteiger partial charge in [0.15, 0.2) is 0 Å². The van der Waals surface area contributed by atoms with Crippen molar-refractivity contribution in [3.8, 4) is 0 Å². The van der Waals surface area contributed by atoms with E-state index in [1.807, 2.05) is 19.2 Å². The summed E-state index contributed by atoms with van der Waals surface area (Å²) in [6.45, 7) is 0.855. The number of anilines is 2. The van der Waals surface area contributed by atoms with Crippen LogP contribution in [0.25, 0.3) is 10.9 Å². The number of fused-ring (bicyclic) bond motifs is 1. The second-order valence-electron chi connectivity index (χ2n) is 4.36. The van der Waals surface area contributed by atoms with E-state index in [9.17, 15) is 0 Å². The number of hydrogen-bond donors (Lipinski definition) is 2. The molecule has 0 aliphatic carbocycles. The van der Waals surface area contributed by atoms with Gasteiger partial charge < -0.3 is 10.6 Å². The number of hydrogen-bond acceptors (Lipinski definition) is 4. The van der Waals surface area contributed by atoms with Crippen LogP contribution in [0.5, 0.6) is 0 Å². The highest BCUT2D eigenvalue weighted by molar-refractivity contribution is 7.07. The van der Waals surface area contributed by atoms with Crippen LogP contribution in [0.2, 0.25) is 0 Å². The van der Waals surface area contributed by atoms with Crippen molar-refractivity contribution in [2.75, 3.05) is 17.7 Å². The molecule has 2 heterocycles. The topological polar surface area (TPSA) is 57.9 Å². The van der Waals surface area contributed by atoms with E-state index in [-0.39, 0.29) is 0 Å². The number of nitrogen functional groups attached to an aromatic ring is 1. The zero-order valence-corrected chi connectivity index (χ0v) is 10.9. The first kappa shape index (κ1) is 11.1. The van der Waals surface area contributed by atoms with Crippen LogP contribution >= 0.6 is 11.3 Å². The second-order valence-corrected chi connectivity index (χ2v) is 5.14. The lowest BCUT2D eigenvalue weighted by molar-refractivity contribution is 0.930. The molecule has 4 nitrogen and oxygen atoms in total. The maximum Gasteiger partial charge on any atom is 0.0672 e. The molecule has 1 aromatic carbocycles. The second kappa shape index (κ2) is 4.34. The molecule has 0 spiro atoms. The van der Waals surface area contributed by atoms with Crippen molar-refractivity contribution in [2.45, 2.75) is 6.54 Å². The van der Waals surface area contributed by atoms with Crippen LogP contribution in [0.15, 0.2) is 35.2 Å². The molecule has 0 saturated heterocycles. The Morgan fingerprint density at radius 3 is 3.11 bits per heavy atom. The zero-order chi connectivity index (χ0) is 12.5. The Morgan fingerprint density at radius 2 is 2.33 bits per heavy atom. The highest BCUT2D eigenvalue weighted by Gasteiger charge is 2.09. The molecule has 3 aromatic rings. The Balaban J connectivity index is 1.94. The average Bonchev–Trinajstić information content (AvgIpc) is 2.98. The Labute approximate surface area is 109 Å². The van der Waals surface area contributed by atoms with Crippen molar-refractivity contribution in [1.29, 1.82) is 0 Å². The summed E-state index contributed by atoms with van der Waals surface area (Å²) in [4.78, 5) is 2.15. The molecule has 5 heteroatoms. The Hall–Kier alpha value is -2.01. The van der Waals surface area contributed by atoms with Crippen LogP contribution in [0, 0.1) is 0 Å². The van der Waals surface area contributed by atoms with Gasteiger partial charge in [-0.2, -0.15) is 16.4 Å². The third-order valence-electron chi connectivity index (χ3n) is 3.00. The van der Waals surface area contributed by atoms with E-state index >= 15 is 0 Å². The van der Waals surface area contributed by atoms with Gasteiger partial charge in [-0.1, -0.05) is 0 Å². The molecule has 18 heavy (non-hydrogen) atoms. The summed E-state index contributed by atoms with van der Waals surface area (Å²) in [5.41, 5.74) is 10.2. The molecule has 0 aliphatic heterocycles. The smallest absolute Gasteiger partial charge is 0.0672 e. The number of rotatable bonds is 3. The summed E-state index contributed by atoms with van der Waals surface area (Å²) in [6, 6.07) is 6.13. The van der Waals surface area contributed by atoms with Gasteiger partial charge in [-0.3, -0.25) is 5.10 Å². The summed E-state index contributed by atoms with van der Waals surface area (Å²) < 4.78 is 0. The number of nitrogens with zero attached hydrogens (tertiary/aromatic N) is 2. The van der Waals surface area contributed by atoms with Crippen molar-refractivity contribution in [3.63, 3.8) is 0 Å². The number of thiophene rings is 1. The Bertz CT molecular complexity index is 657. The SMILES string of the molecule is CN(Cc1ccsc1)c1cc2[nH]ncc2cc1N. The van der Waals surface area contributed by atoms with Crippen LogP contribution in [-0.4, -0.2) is 17.2 Å². The molecular formula is C13H14N4S. The predicted molar refractivity (Wildman–Crippen MR) is 76.9 cm³/mol. The molecule has 3 rings (SSSR count). The largest absolute Gasteiger partial charge is 0.397 e. The first-order valence-corrected chi connectivity index (χ1v) is 6.63. The fourth-order valence-corrected chi connectivity index (χ4v) is 2.73. The molecule has 0 aliphatic rings. The summed E-state index contributed by atoms with van der Waals surface area (Å²) in [7, 11) is 2.05. The van der Waals surface area contributed by atoms with Crippen LogP contribution in [0.3, 0.4) is 0 Å². The van der Waals surface area contributed by atoms with E-state index in [0.29, 0.717) is 0 Å². The normalized spacial score (nSPS) is 10.9. The summed E-state index contributed by atoms with van der Waals surface area (Å²) in [6.07, 6.45) is 1.79. The molecule has 0 atom stereocenters. The van der Waals surface area contributed by atoms with Gasteiger partial charge in [0.2, 0.25) is 0 Å². The number of aromatic nitrogens is 2. The predicted octanol–water partition coefficient (Wildman–Crippen LogP) is 2.84. The van der Waals surface area contributed by atoms with Gasteiger partial charge in [-0.15, -0.1) is 0 Å². The van der Waals surface area contributed by atoms with Crippen LogP contribution < -0.4 is 10.6 Å². The molecule has 0 fully saturated rings. The minimum atomic E-state index is 0.779. The summed E-state index contributed by atoms with van der Waals surface area (Å²) in [5.74, 6) is 0. The van der Waals surface area contributed by atoms with Crippen molar-refractivity contribution in [3.05, 3.63) is 40.7 Å². The molecule has 92 valence electrons. The quantitative estimate of drug-likeness (QED) is 0.710. The Morgan fingerprint density at radius 1 is 1.44 bits per heavy atom. The number of H-pyrrole nitrogens is 1. The number of aromatic amines is 1. The molecule has 0 bridgehead atoms. The van der Waals surface area contributed by atoms with Crippen molar-refractivity contribution in [2.24, 2.45) is 0 Å². The third kappa shape index (κ3) is 1.93.